The molecule has 0 bridgehead atoms. The summed E-state index contributed by atoms with van der Waals surface area (Å²) in [7, 11) is 0. The van der Waals surface area contributed by atoms with Crippen LogP contribution in [0.3, 0.4) is 0 Å². The Morgan fingerprint density at radius 3 is 1.19 bits per heavy atom. The maximum atomic E-state index is 14.1. The number of hydrogen-bond acceptors (Lipinski definition) is 1. The summed E-state index contributed by atoms with van der Waals surface area (Å²) in [5.41, 5.74) is -4.05. The summed E-state index contributed by atoms with van der Waals surface area (Å²) in [5.74, 6) is -57.0. The molecule has 210 valence electrons. The fourth-order valence-corrected chi connectivity index (χ4v) is 3.01. The first kappa shape index (κ1) is 32.7. The van der Waals surface area contributed by atoms with Crippen molar-refractivity contribution in [2.75, 3.05) is 0 Å². The standard InChI is InChI=1S/C17H10F17IO/c1-9(36,7-2-4-8(35)5-3-7)6-10(18,19)11(20,21)12(22,23)13(24,25)14(26,27)15(28,29)16(30,31)17(32,33)34/h2-5,36H,6H2,1H3. The van der Waals surface area contributed by atoms with Crippen molar-refractivity contribution in [1.29, 1.82) is 0 Å². The van der Waals surface area contributed by atoms with Crippen LogP contribution >= 0.6 is 22.6 Å². The molecule has 0 spiro atoms. The number of halogens is 18. The van der Waals surface area contributed by atoms with Crippen LogP contribution in [0.4, 0.5) is 74.6 Å². The third-order valence-corrected chi connectivity index (χ3v) is 5.54. The van der Waals surface area contributed by atoms with E-state index in [9.17, 15) is 79.7 Å². The molecule has 0 heterocycles. The van der Waals surface area contributed by atoms with Crippen molar-refractivity contribution in [2.45, 2.75) is 66.6 Å². The number of alkyl halides is 17. The minimum atomic E-state index is -8.68. The second kappa shape index (κ2) is 8.89. The van der Waals surface area contributed by atoms with E-state index in [-0.39, 0.29) is 6.92 Å². The molecule has 1 aromatic rings. The summed E-state index contributed by atoms with van der Waals surface area (Å²) in [6, 6.07) is 3.62. The van der Waals surface area contributed by atoms with E-state index in [0.717, 1.165) is 24.3 Å². The number of hydrogen-bond donors (Lipinski definition) is 1. The second-order valence-electron chi connectivity index (χ2n) is 7.61. The van der Waals surface area contributed by atoms with Gasteiger partial charge in [0.2, 0.25) is 0 Å². The number of aliphatic hydroxyl groups is 1. The van der Waals surface area contributed by atoms with Crippen molar-refractivity contribution in [3.05, 3.63) is 33.4 Å². The van der Waals surface area contributed by atoms with Crippen LogP contribution in [0.2, 0.25) is 0 Å². The van der Waals surface area contributed by atoms with Gasteiger partial charge in [0, 0.05) is 3.57 Å². The van der Waals surface area contributed by atoms with Crippen LogP contribution < -0.4 is 0 Å². The topological polar surface area (TPSA) is 20.2 Å². The van der Waals surface area contributed by atoms with Gasteiger partial charge in [0.15, 0.2) is 0 Å². The fourth-order valence-electron chi connectivity index (χ4n) is 2.65. The van der Waals surface area contributed by atoms with Gasteiger partial charge in [-0.1, -0.05) is 12.1 Å². The lowest BCUT2D eigenvalue weighted by atomic mass is 9.83. The Morgan fingerprint density at radius 1 is 0.556 bits per heavy atom. The lowest BCUT2D eigenvalue weighted by Crippen LogP contribution is -2.74. The Hall–Kier alpha value is -1.28. The molecule has 0 saturated carbocycles. The molecule has 0 radical (unpaired) electrons. The summed E-state index contributed by atoms with van der Waals surface area (Å²) >= 11 is 1.62. The van der Waals surface area contributed by atoms with Crippen molar-refractivity contribution in [3.8, 4) is 0 Å². The van der Waals surface area contributed by atoms with Crippen molar-refractivity contribution >= 4 is 22.6 Å². The Balaban J connectivity index is 3.60. The molecule has 1 N–H and O–H groups in total. The summed E-state index contributed by atoms with van der Waals surface area (Å²) in [6.07, 6.45) is -10.8. The average molecular weight is 680 g/mol. The van der Waals surface area contributed by atoms with E-state index in [1.54, 1.807) is 22.6 Å². The molecule has 36 heavy (non-hydrogen) atoms. The van der Waals surface area contributed by atoms with Gasteiger partial charge in [-0.2, -0.15) is 74.6 Å². The van der Waals surface area contributed by atoms with Crippen LogP contribution in [0.15, 0.2) is 24.3 Å². The minimum absolute atomic E-state index is 0.252. The van der Waals surface area contributed by atoms with Crippen molar-refractivity contribution in [1.82, 2.24) is 0 Å². The van der Waals surface area contributed by atoms with E-state index in [4.69, 9.17) is 0 Å². The zero-order chi connectivity index (χ0) is 29.2. The molecule has 0 aromatic heterocycles. The molecule has 0 saturated heterocycles. The lowest BCUT2D eigenvalue weighted by molar-refractivity contribution is -0.462. The van der Waals surface area contributed by atoms with Crippen LogP contribution in [0, 0.1) is 3.57 Å². The van der Waals surface area contributed by atoms with E-state index >= 15 is 0 Å². The molecule has 0 aliphatic rings. The van der Waals surface area contributed by atoms with Crippen LogP contribution in [-0.4, -0.2) is 52.7 Å². The normalized spacial score (nSPS) is 17.2. The monoisotopic (exact) mass is 680 g/mol. The molecule has 0 aliphatic carbocycles. The SMILES string of the molecule is CC(O)(CC(F)(F)C(F)(F)C(F)(F)C(F)(F)C(F)(F)C(F)(F)C(F)(F)C(F)(F)F)c1ccc(I)cc1. The zero-order valence-corrected chi connectivity index (χ0v) is 18.9. The molecule has 0 fully saturated rings. The average Bonchev–Trinajstić information content (AvgIpc) is 2.65. The van der Waals surface area contributed by atoms with Crippen LogP contribution in [0.25, 0.3) is 0 Å². The van der Waals surface area contributed by atoms with Gasteiger partial charge >= 0.3 is 47.6 Å². The van der Waals surface area contributed by atoms with E-state index in [2.05, 4.69) is 0 Å². The van der Waals surface area contributed by atoms with Crippen molar-refractivity contribution in [3.63, 3.8) is 0 Å². The molecule has 1 nitrogen and oxygen atoms in total. The zero-order valence-electron chi connectivity index (χ0n) is 16.8. The van der Waals surface area contributed by atoms with E-state index in [1.165, 1.54) is 0 Å². The largest absolute Gasteiger partial charge is 0.460 e. The fraction of sp³-hybridized carbons (Fsp3) is 0.647. The second-order valence-corrected chi connectivity index (χ2v) is 8.85. The van der Waals surface area contributed by atoms with Crippen LogP contribution in [0.1, 0.15) is 18.9 Å². The molecular formula is C17H10F17IO. The summed E-state index contributed by atoms with van der Waals surface area (Å²) in [5, 5.41) is 9.99. The summed E-state index contributed by atoms with van der Waals surface area (Å²) in [4.78, 5) is 0. The van der Waals surface area contributed by atoms with Crippen LogP contribution in [0.5, 0.6) is 0 Å². The molecule has 0 aliphatic heterocycles. The number of benzene rings is 1. The highest BCUT2D eigenvalue weighted by atomic mass is 127. The summed E-state index contributed by atoms with van der Waals surface area (Å²) < 4.78 is 226. The minimum Gasteiger partial charge on any atom is -0.385 e. The van der Waals surface area contributed by atoms with Gasteiger partial charge in [-0.25, -0.2) is 0 Å². The van der Waals surface area contributed by atoms with E-state index in [1.807, 2.05) is 0 Å². The van der Waals surface area contributed by atoms with Crippen molar-refractivity contribution in [2.24, 2.45) is 0 Å². The van der Waals surface area contributed by atoms with Crippen molar-refractivity contribution < 1.29 is 79.7 Å². The molecule has 1 atom stereocenters. The molecular weight excluding hydrogens is 670 g/mol. The molecule has 19 heteroatoms. The molecule has 1 aromatic carbocycles. The Labute approximate surface area is 202 Å². The van der Waals surface area contributed by atoms with E-state index < -0.39 is 65.2 Å². The van der Waals surface area contributed by atoms with Crippen LogP contribution in [-0.2, 0) is 5.60 Å². The van der Waals surface area contributed by atoms with Gasteiger partial charge in [-0.05, 0) is 47.2 Å². The lowest BCUT2D eigenvalue weighted by Gasteiger charge is -2.43. The highest BCUT2D eigenvalue weighted by Crippen LogP contribution is 2.64. The smallest absolute Gasteiger partial charge is 0.385 e. The summed E-state index contributed by atoms with van der Waals surface area (Å²) in [6.45, 7) is 0.252. The van der Waals surface area contributed by atoms with Gasteiger partial charge in [0.25, 0.3) is 0 Å². The Morgan fingerprint density at radius 2 is 0.861 bits per heavy atom. The predicted octanol–water partition coefficient (Wildman–Crippen LogP) is 7.90. The highest BCUT2D eigenvalue weighted by Gasteiger charge is 2.95. The van der Waals surface area contributed by atoms with Gasteiger partial charge < -0.3 is 5.11 Å². The number of rotatable bonds is 9. The highest BCUT2D eigenvalue weighted by molar-refractivity contribution is 14.1. The third kappa shape index (κ3) is 4.70. The van der Waals surface area contributed by atoms with Gasteiger partial charge in [-0.15, -0.1) is 0 Å². The first-order chi connectivity index (χ1) is 15.5. The van der Waals surface area contributed by atoms with E-state index in [0.29, 0.717) is 3.57 Å². The third-order valence-electron chi connectivity index (χ3n) is 4.82. The van der Waals surface area contributed by atoms with Gasteiger partial charge in [-0.3, -0.25) is 0 Å². The van der Waals surface area contributed by atoms with Gasteiger partial charge in [0.1, 0.15) is 0 Å². The first-order valence-corrected chi connectivity index (χ1v) is 9.73. The Bertz CT molecular complexity index is 933. The maximum Gasteiger partial charge on any atom is 0.460 e. The maximum absolute atomic E-state index is 14.1. The Kier molecular flexibility index (Phi) is 8.09. The first-order valence-electron chi connectivity index (χ1n) is 8.65. The molecule has 0 amide bonds. The molecule has 1 unspecified atom stereocenters. The molecule has 1 rings (SSSR count). The van der Waals surface area contributed by atoms with Gasteiger partial charge in [0.05, 0.1) is 12.0 Å². The predicted molar refractivity (Wildman–Crippen MR) is 94.0 cm³/mol. The quantitative estimate of drug-likeness (QED) is 0.208.